The molecule has 0 fully saturated rings. The van der Waals surface area contributed by atoms with Crippen LogP contribution in [0.3, 0.4) is 0 Å². The third-order valence-corrected chi connectivity index (χ3v) is 3.38. The van der Waals surface area contributed by atoms with E-state index >= 15 is 0 Å². The Morgan fingerprint density at radius 1 is 1.43 bits per heavy atom. The number of aromatic nitrogens is 1. The van der Waals surface area contributed by atoms with Crippen molar-refractivity contribution in [1.82, 2.24) is 20.9 Å². The van der Waals surface area contributed by atoms with Gasteiger partial charge in [-0.05, 0) is 27.7 Å². The zero-order valence-corrected chi connectivity index (χ0v) is 14.0. The Bertz CT molecular complexity index is 470. The first-order valence-corrected chi connectivity index (χ1v) is 8.05. The van der Waals surface area contributed by atoms with Gasteiger partial charge in [0, 0.05) is 36.6 Å². The Morgan fingerprint density at radius 3 is 2.76 bits per heavy atom. The lowest BCUT2D eigenvalue weighted by Crippen LogP contribution is -2.40. The number of thiazole rings is 1. The van der Waals surface area contributed by atoms with Crippen LogP contribution in [0.1, 0.15) is 37.1 Å². The number of carbonyl (C=O) groups is 1. The van der Waals surface area contributed by atoms with E-state index in [9.17, 15) is 4.79 Å². The summed E-state index contributed by atoms with van der Waals surface area (Å²) in [4.78, 5) is 21.5. The molecule has 3 N–H and O–H groups in total. The van der Waals surface area contributed by atoms with Crippen molar-refractivity contribution in [2.45, 2.75) is 46.7 Å². The van der Waals surface area contributed by atoms with Crippen LogP contribution in [0.4, 0.5) is 0 Å². The summed E-state index contributed by atoms with van der Waals surface area (Å²) in [7, 11) is 0. The Morgan fingerprint density at radius 2 is 2.19 bits per heavy atom. The zero-order chi connectivity index (χ0) is 15.7. The van der Waals surface area contributed by atoms with Gasteiger partial charge in [0.05, 0.1) is 6.54 Å². The van der Waals surface area contributed by atoms with Gasteiger partial charge in [0.2, 0.25) is 5.91 Å². The second-order valence-electron chi connectivity index (χ2n) is 4.96. The first kappa shape index (κ1) is 17.4. The molecular weight excluding hydrogens is 286 g/mol. The van der Waals surface area contributed by atoms with Crippen LogP contribution in [0.2, 0.25) is 0 Å². The highest BCUT2D eigenvalue weighted by Crippen LogP contribution is 2.11. The number of guanidine groups is 1. The Balaban J connectivity index is 2.40. The van der Waals surface area contributed by atoms with Gasteiger partial charge in [0.25, 0.3) is 0 Å². The van der Waals surface area contributed by atoms with E-state index in [1.54, 1.807) is 11.3 Å². The number of aliphatic imine (C=N–C) groups is 1. The van der Waals surface area contributed by atoms with Gasteiger partial charge in [-0.15, -0.1) is 11.3 Å². The summed E-state index contributed by atoms with van der Waals surface area (Å²) in [6.07, 6.45) is 2.28. The number of hydrogen-bond donors (Lipinski definition) is 3. The van der Waals surface area contributed by atoms with Crippen molar-refractivity contribution in [3.05, 3.63) is 16.1 Å². The SMILES string of the molecule is CCNC(=NCc1ncc(C)s1)NCCC(=O)NC(C)C. The average molecular weight is 311 g/mol. The van der Waals surface area contributed by atoms with Crippen molar-refractivity contribution < 1.29 is 4.79 Å². The van der Waals surface area contributed by atoms with Gasteiger partial charge in [0.1, 0.15) is 5.01 Å². The smallest absolute Gasteiger partial charge is 0.221 e. The van der Waals surface area contributed by atoms with Crippen molar-refractivity contribution in [3.8, 4) is 0 Å². The van der Waals surface area contributed by atoms with E-state index in [1.165, 1.54) is 4.88 Å². The quantitative estimate of drug-likeness (QED) is 0.526. The molecule has 0 bridgehead atoms. The van der Waals surface area contributed by atoms with Crippen molar-refractivity contribution in [1.29, 1.82) is 0 Å². The summed E-state index contributed by atoms with van der Waals surface area (Å²) in [5.41, 5.74) is 0. The van der Waals surface area contributed by atoms with Gasteiger partial charge < -0.3 is 16.0 Å². The minimum atomic E-state index is 0.0453. The van der Waals surface area contributed by atoms with Gasteiger partial charge in [0.15, 0.2) is 5.96 Å². The highest BCUT2D eigenvalue weighted by atomic mass is 32.1. The molecule has 0 aliphatic rings. The summed E-state index contributed by atoms with van der Waals surface area (Å²) in [5, 5.41) is 10.2. The van der Waals surface area contributed by atoms with Crippen LogP contribution in [0.15, 0.2) is 11.2 Å². The van der Waals surface area contributed by atoms with Crippen molar-refractivity contribution in [2.24, 2.45) is 4.99 Å². The van der Waals surface area contributed by atoms with Crippen molar-refractivity contribution in [2.75, 3.05) is 13.1 Å². The summed E-state index contributed by atoms with van der Waals surface area (Å²) in [5.74, 6) is 0.756. The molecule has 1 aromatic rings. The second-order valence-corrected chi connectivity index (χ2v) is 6.28. The molecule has 21 heavy (non-hydrogen) atoms. The molecule has 6 nitrogen and oxygen atoms in total. The van der Waals surface area contributed by atoms with E-state index in [-0.39, 0.29) is 11.9 Å². The van der Waals surface area contributed by atoms with E-state index in [4.69, 9.17) is 0 Å². The van der Waals surface area contributed by atoms with Crippen LogP contribution < -0.4 is 16.0 Å². The number of aryl methyl sites for hydroxylation is 1. The fourth-order valence-electron chi connectivity index (χ4n) is 1.65. The molecule has 118 valence electrons. The van der Waals surface area contributed by atoms with Gasteiger partial charge in [-0.3, -0.25) is 4.79 Å². The van der Waals surface area contributed by atoms with Gasteiger partial charge in [-0.25, -0.2) is 9.98 Å². The zero-order valence-electron chi connectivity index (χ0n) is 13.2. The monoisotopic (exact) mass is 311 g/mol. The molecule has 1 rings (SSSR count). The third-order valence-electron chi connectivity index (χ3n) is 2.48. The van der Waals surface area contributed by atoms with E-state index in [1.807, 2.05) is 33.9 Å². The molecule has 0 radical (unpaired) electrons. The first-order valence-electron chi connectivity index (χ1n) is 7.24. The molecule has 7 heteroatoms. The molecule has 0 saturated carbocycles. The molecule has 1 amide bonds. The standard InChI is InChI=1S/C14H25N5OS/c1-5-15-14(16-7-6-12(20)19-10(2)3)18-9-13-17-8-11(4)21-13/h8,10H,5-7,9H2,1-4H3,(H,19,20)(H2,15,16,18). The molecule has 0 saturated heterocycles. The fraction of sp³-hybridized carbons (Fsp3) is 0.643. The summed E-state index contributed by atoms with van der Waals surface area (Å²) < 4.78 is 0. The van der Waals surface area contributed by atoms with E-state index in [2.05, 4.69) is 25.9 Å². The van der Waals surface area contributed by atoms with Crippen LogP contribution in [0.25, 0.3) is 0 Å². The molecular formula is C14H25N5OS. The summed E-state index contributed by atoms with van der Waals surface area (Å²) >= 11 is 1.65. The van der Waals surface area contributed by atoms with Crippen LogP contribution in [0.5, 0.6) is 0 Å². The van der Waals surface area contributed by atoms with Crippen molar-refractivity contribution >= 4 is 23.2 Å². The molecule has 1 aromatic heterocycles. The van der Waals surface area contributed by atoms with E-state index < -0.39 is 0 Å². The van der Waals surface area contributed by atoms with Crippen LogP contribution in [0, 0.1) is 6.92 Å². The maximum atomic E-state index is 11.6. The number of nitrogens with one attached hydrogen (secondary N) is 3. The normalized spacial score (nSPS) is 11.6. The largest absolute Gasteiger partial charge is 0.357 e. The Kier molecular flexibility index (Phi) is 7.74. The molecule has 0 atom stereocenters. The molecule has 0 aliphatic carbocycles. The highest BCUT2D eigenvalue weighted by Gasteiger charge is 2.04. The predicted molar refractivity (Wildman–Crippen MR) is 87.6 cm³/mol. The van der Waals surface area contributed by atoms with Crippen LogP contribution in [-0.2, 0) is 11.3 Å². The molecule has 1 heterocycles. The first-order chi connectivity index (χ1) is 10.0. The third kappa shape index (κ3) is 7.65. The number of nitrogens with zero attached hydrogens (tertiary/aromatic N) is 2. The molecule has 0 aliphatic heterocycles. The lowest BCUT2D eigenvalue weighted by atomic mass is 10.3. The Hall–Kier alpha value is -1.63. The second kappa shape index (κ2) is 9.33. The molecule has 0 spiro atoms. The van der Waals surface area contributed by atoms with Gasteiger partial charge in [-0.1, -0.05) is 0 Å². The summed E-state index contributed by atoms with van der Waals surface area (Å²) in [6, 6.07) is 0.174. The average Bonchev–Trinajstić information content (AvgIpc) is 2.81. The number of hydrogen-bond acceptors (Lipinski definition) is 4. The van der Waals surface area contributed by atoms with Crippen LogP contribution in [-0.4, -0.2) is 36.0 Å². The van der Waals surface area contributed by atoms with E-state index in [0.29, 0.717) is 25.5 Å². The maximum absolute atomic E-state index is 11.6. The minimum absolute atomic E-state index is 0.0453. The van der Waals surface area contributed by atoms with Gasteiger partial charge >= 0.3 is 0 Å². The lowest BCUT2D eigenvalue weighted by molar-refractivity contribution is -0.121. The van der Waals surface area contributed by atoms with Crippen LogP contribution >= 0.6 is 11.3 Å². The van der Waals surface area contributed by atoms with E-state index in [0.717, 1.165) is 11.6 Å². The van der Waals surface area contributed by atoms with Crippen molar-refractivity contribution in [3.63, 3.8) is 0 Å². The molecule has 0 unspecified atom stereocenters. The molecule has 0 aromatic carbocycles. The maximum Gasteiger partial charge on any atom is 0.221 e. The summed E-state index contributed by atoms with van der Waals surface area (Å²) in [6.45, 7) is 9.83. The Labute approximate surface area is 130 Å². The highest BCUT2D eigenvalue weighted by molar-refractivity contribution is 7.11. The fourth-order valence-corrected chi connectivity index (χ4v) is 2.36. The van der Waals surface area contributed by atoms with Gasteiger partial charge in [-0.2, -0.15) is 0 Å². The topological polar surface area (TPSA) is 78.4 Å². The number of rotatable bonds is 7. The number of carbonyl (C=O) groups excluding carboxylic acids is 1. The lowest BCUT2D eigenvalue weighted by Gasteiger charge is -2.12. The number of amides is 1. The minimum Gasteiger partial charge on any atom is -0.357 e. The predicted octanol–water partition coefficient (Wildman–Crippen LogP) is 1.42.